The Balaban J connectivity index is 1.66. The minimum atomic E-state index is -3.75. The first-order chi connectivity index (χ1) is 13.8. The van der Waals surface area contributed by atoms with E-state index in [2.05, 4.69) is 33.9 Å². The highest BCUT2D eigenvalue weighted by Crippen LogP contribution is 2.23. The van der Waals surface area contributed by atoms with Crippen LogP contribution < -0.4 is 14.8 Å². The van der Waals surface area contributed by atoms with Gasteiger partial charge in [0.15, 0.2) is 6.39 Å². The predicted molar refractivity (Wildman–Crippen MR) is 110 cm³/mol. The van der Waals surface area contributed by atoms with Gasteiger partial charge in [-0.15, -0.1) is 0 Å². The molecule has 2 N–H and O–H groups in total. The fourth-order valence-corrected chi connectivity index (χ4v) is 3.71. The highest BCUT2D eigenvalue weighted by atomic mass is 32.2. The molecule has 0 fully saturated rings. The summed E-state index contributed by atoms with van der Waals surface area (Å²) in [7, 11) is -3.75. The first-order valence-electron chi connectivity index (χ1n) is 9.20. The lowest BCUT2D eigenvalue weighted by Gasteiger charge is -2.13. The number of anilines is 1. The number of ether oxygens (including phenoxy) is 1. The van der Waals surface area contributed by atoms with Gasteiger partial charge >= 0.3 is 0 Å². The monoisotopic (exact) mass is 416 g/mol. The molecule has 0 spiro atoms. The molecule has 0 unspecified atom stereocenters. The lowest BCUT2D eigenvalue weighted by molar-refractivity contribution is 0.297. The molecular weight excluding hydrogens is 392 g/mol. The summed E-state index contributed by atoms with van der Waals surface area (Å²) in [5, 5.41) is 3.25. The Labute approximate surface area is 170 Å². The minimum absolute atomic E-state index is 0.143. The van der Waals surface area contributed by atoms with E-state index in [1.165, 1.54) is 24.8 Å². The molecule has 0 atom stereocenters. The maximum absolute atomic E-state index is 12.7. The van der Waals surface area contributed by atoms with Gasteiger partial charge in [-0.25, -0.2) is 18.4 Å². The zero-order valence-corrected chi connectivity index (χ0v) is 17.4. The average Bonchev–Trinajstić information content (AvgIpc) is 3.22. The van der Waals surface area contributed by atoms with E-state index in [1.807, 2.05) is 0 Å². The summed E-state index contributed by atoms with van der Waals surface area (Å²) in [6, 6.07) is 10.1. The Morgan fingerprint density at radius 3 is 2.52 bits per heavy atom. The van der Waals surface area contributed by atoms with Crippen LogP contribution in [0.3, 0.4) is 0 Å². The third kappa shape index (κ3) is 5.55. The number of hydrogen-bond donors (Lipinski definition) is 2. The van der Waals surface area contributed by atoms with Crippen LogP contribution in [0.4, 0.5) is 5.69 Å². The van der Waals surface area contributed by atoms with Crippen molar-refractivity contribution in [2.45, 2.75) is 31.7 Å². The smallest absolute Gasteiger partial charge is 0.261 e. The molecule has 0 bridgehead atoms. The molecule has 3 aromatic rings. The van der Waals surface area contributed by atoms with Crippen molar-refractivity contribution >= 4 is 15.7 Å². The van der Waals surface area contributed by atoms with E-state index in [0.717, 1.165) is 5.56 Å². The zero-order chi connectivity index (χ0) is 20.9. The van der Waals surface area contributed by atoms with E-state index in [1.54, 1.807) is 31.2 Å². The summed E-state index contributed by atoms with van der Waals surface area (Å²) in [6.45, 7) is 7.03. The lowest BCUT2D eigenvalue weighted by Crippen LogP contribution is -2.27. The van der Waals surface area contributed by atoms with Gasteiger partial charge in [-0.3, -0.25) is 4.72 Å². The molecule has 8 nitrogen and oxygen atoms in total. The Morgan fingerprint density at radius 1 is 1.14 bits per heavy atom. The fourth-order valence-electron chi connectivity index (χ4n) is 2.59. The number of oxazole rings is 1. The molecule has 9 heteroatoms. The van der Waals surface area contributed by atoms with Crippen LogP contribution in [-0.4, -0.2) is 37.6 Å². The molecule has 154 valence electrons. The molecule has 2 aromatic heterocycles. The highest BCUT2D eigenvalue weighted by Gasteiger charge is 2.16. The third-order valence-corrected chi connectivity index (χ3v) is 5.48. The molecule has 3 rings (SSSR count). The number of sulfonamides is 1. The van der Waals surface area contributed by atoms with Gasteiger partial charge in [0.25, 0.3) is 10.0 Å². The average molecular weight is 417 g/mol. The van der Waals surface area contributed by atoms with Crippen molar-refractivity contribution in [1.29, 1.82) is 0 Å². The van der Waals surface area contributed by atoms with E-state index in [4.69, 9.17) is 9.15 Å². The summed E-state index contributed by atoms with van der Waals surface area (Å²) < 4.78 is 38.5. The van der Waals surface area contributed by atoms with Gasteiger partial charge in [-0.2, -0.15) is 0 Å². The van der Waals surface area contributed by atoms with Crippen molar-refractivity contribution in [1.82, 2.24) is 15.3 Å². The van der Waals surface area contributed by atoms with Crippen LogP contribution in [0, 0.1) is 6.92 Å². The topological polar surface area (TPSA) is 106 Å². The van der Waals surface area contributed by atoms with Crippen molar-refractivity contribution in [3.8, 4) is 17.1 Å². The molecule has 0 aliphatic rings. The molecule has 29 heavy (non-hydrogen) atoms. The largest absolute Gasteiger partial charge is 0.476 e. The minimum Gasteiger partial charge on any atom is -0.476 e. The van der Waals surface area contributed by atoms with Gasteiger partial charge in [0.1, 0.15) is 18.6 Å². The Morgan fingerprint density at radius 2 is 1.90 bits per heavy atom. The number of hydrogen-bond acceptors (Lipinski definition) is 7. The van der Waals surface area contributed by atoms with Crippen LogP contribution in [-0.2, 0) is 10.0 Å². The first-order valence-corrected chi connectivity index (χ1v) is 10.7. The molecule has 0 aliphatic heterocycles. The van der Waals surface area contributed by atoms with Crippen LogP contribution in [0.5, 0.6) is 5.88 Å². The standard InChI is InChI=1S/C20H24N4O4S/c1-14(2)21-10-11-28-20-9-8-18(15(3)23-20)24-29(25,26)17-6-4-16(5-7-17)19-12-27-13-22-19/h4-9,12-14,21,24H,10-11H2,1-3H3. The number of nitrogens with one attached hydrogen (secondary N) is 2. The number of aryl methyl sites for hydroxylation is 1. The molecular formula is C20H24N4O4S. The number of aromatic nitrogens is 2. The predicted octanol–water partition coefficient (Wildman–Crippen LogP) is 3.22. The maximum atomic E-state index is 12.7. The van der Waals surface area contributed by atoms with Crippen molar-refractivity contribution in [2.24, 2.45) is 0 Å². The number of rotatable bonds is 9. The van der Waals surface area contributed by atoms with E-state index >= 15 is 0 Å². The SMILES string of the molecule is Cc1nc(OCCNC(C)C)ccc1NS(=O)(=O)c1ccc(-c2cocn2)cc1. The van der Waals surface area contributed by atoms with Crippen LogP contribution in [0.1, 0.15) is 19.5 Å². The summed E-state index contributed by atoms with van der Waals surface area (Å²) in [4.78, 5) is 8.51. The van der Waals surface area contributed by atoms with E-state index < -0.39 is 10.0 Å². The van der Waals surface area contributed by atoms with Gasteiger partial charge in [0.2, 0.25) is 5.88 Å². The summed E-state index contributed by atoms with van der Waals surface area (Å²) >= 11 is 0. The third-order valence-electron chi connectivity index (χ3n) is 4.10. The van der Waals surface area contributed by atoms with Crippen molar-refractivity contribution in [3.05, 3.63) is 54.7 Å². The second-order valence-corrected chi connectivity index (χ2v) is 8.43. The van der Waals surface area contributed by atoms with E-state index in [0.29, 0.717) is 42.1 Å². The molecule has 1 aromatic carbocycles. The molecule has 0 saturated heterocycles. The van der Waals surface area contributed by atoms with Gasteiger partial charge in [0.05, 0.1) is 16.3 Å². The second kappa shape index (κ2) is 9.06. The summed E-state index contributed by atoms with van der Waals surface area (Å²) in [6.07, 6.45) is 2.82. The normalized spacial score (nSPS) is 11.6. The number of nitrogens with zero attached hydrogens (tertiary/aromatic N) is 2. The zero-order valence-electron chi connectivity index (χ0n) is 16.5. The van der Waals surface area contributed by atoms with Crippen LogP contribution in [0.25, 0.3) is 11.3 Å². The van der Waals surface area contributed by atoms with E-state index in [-0.39, 0.29) is 4.90 Å². The van der Waals surface area contributed by atoms with Crippen molar-refractivity contribution < 1.29 is 17.6 Å². The van der Waals surface area contributed by atoms with Crippen LogP contribution in [0.2, 0.25) is 0 Å². The Bertz CT molecular complexity index is 1030. The number of benzene rings is 1. The Kier molecular flexibility index (Phi) is 6.50. The molecule has 0 saturated carbocycles. The number of pyridine rings is 1. The van der Waals surface area contributed by atoms with Crippen LogP contribution >= 0.6 is 0 Å². The second-order valence-electron chi connectivity index (χ2n) is 6.74. The highest BCUT2D eigenvalue weighted by molar-refractivity contribution is 7.92. The summed E-state index contributed by atoms with van der Waals surface area (Å²) in [5.74, 6) is 0.452. The Hall–Kier alpha value is -2.91. The lowest BCUT2D eigenvalue weighted by atomic mass is 10.2. The first kappa shape index (κ1) is 20.8. The molecule has 0 radical (unpaired) electrons. The maximum Gasteiger partial charge on any atom is 0.261 e. The van der Waals surface area contributed by atoms with Crippen molar-refractivity contribution in [3.63, 3.8) is 0 Å². The fraction of sp³-hybridized carbons (Fsp3) is 0.300. The quantitative estimate of drug-likeness (QED) is 0.516. The van der Waals surface area contributed by atoms with Crippen LogP contribution in [0.15, 0.2) is 58.4 Å². The van der Waals surface area contributed by atoms with Crippen molar-refractivity contribution in [2.75, 3.05) is 17.9 Å². The van der Waals surface area contributed by atoms with Gasteiger partial charge in [-0.05, 0) is 25.1 Å². The molecule has 2 heterocycles. The van der Waals surface area contributed by atoms with E-state index in [9.17, 15) is 8.42 Å². The van der Waals surface area contributed by atoms with Gasteiger partial charge < -0.3 is 14.5 Å². The van der Waals surface area contributed by atoms with Gasteiger partial charge in [0, 0.05) is 24.2 Å². The molecule has 0 aliphatic carbocycles. The molecule has 0 amide bonds. The van der Waals surface area contributed by atoms with Gasteiger partial charge in [-0.1, -0.05) is 26.0 Å². The summed E-state index contributed by atoms with van der Waals surface area (Å²) in [5.41, 5.74) is 2.34.